The highest BCUT2D eigenvalue weighted by Crippen LogP contribution is 2.28. The summed E-state index contributed by atoms with van der Waals surface area (Å²) < 4.78 is 5.77. The fourth-order valence-electron chi connectivity index (χ4n) is 2.59. The zero-order valence-electron chi connectivity index (χ0n) is 12.0. The lowest BCUT2D eigenvalue weighted by molar-refractivity contribution is 0.101. The fourth-order valence-corrected chi connectivity index (χ4v) is 2.59. The van der Waals surface area contributed by atoms with Gasteiger partial charge in [0.05, 0.1) is 6.54 Å². The molecule has 0 fully saturated rings. The summed E-state index contributed by atoms with van der Waals surface area (Å²) in [5.41, 5.74) is 9.11. The maximum Gasteiger partial charge on any atom is 0.161 e. The van der Waals surface area contributed by atoms with Crippen LogP contribution in [0.4, 0.5) is 11.4 Å². The number of para-hydroxylation sites is 1. The van der Waals surface area contributed by atoms with Crippen LogP contribution in [0.3, 0.4) is 0 Å². The van der Waals surface area contributed by atoms with Crippen LogP contribution in [0.5, 0.6) is 5.75 Å². The predicted octanol–water partition coefficient (Wildman–Crippen LogP) is 2.87. The maximum absolute atomic E-state index is 11.6. The molecule has 4 nitrogen and oxygen atoms in total. The zero-order chi connectivity index (χ0) is 14.8. The zero-order valence-corrected chi connectivity index (χ0v) is 12.0. The van der Waals surface area contributed by atoms with Crippen molar-refractivity contribution >= 4 is 17.2 Å². The van der Waals surface area contributed by atoms with Crippen molar-refractivity contribution in [3.63, 3.8) is 0 Å². The number of ether oxygens (including phenoxy) is 1. The quantitative estimate of drug-likeness (QED) is 0.679. The molecule has 21 heavy (non-hydrogen) atoms. The fraction of sp³-hybridized carbons (Fsp3) is 0.235. The predicted molar refractivity (Wildman–Crippen MR) is 83.8 cm³/mol. The molecule has 0 atom stereocenters. The Kier molecular flexibility index (Phi) is 3.52. The standard InChI is InChI=1S/C17H18N2O2/c1-12(20)15-10-14(6-7-16(15)18)19-8-9-21-17-5-3-2-4-13(17)11-19/h2-7,10H,8-9,11,18H2,1H3. The third kappa shape index (κ3) is 2.70. The Balaban J connectivity index is 1.94. The summed E-state index contributed by atoms with van der Waals surface area (Å²) in [5.74, 6) is 0.919. The first-order valence-corrected chi connectivity index (χ1v) is 7.01. The molecule has 0 aromatic heterocycles. The number of Topliss-reactive ketones (excluding diaryl/α,β-unsaturated/α-hetero) is 1. The number of benzene rings is 2. The molecule has 1 aliphatic rings. The van der Waals surface area contributed by atoms with Gasteiger partial charge in [-0.2, -0.15) is 0 Å². The largest absolute Gasteiger partial charge is 0.491 e. The van der Waals surface area contributed by atoms with E-state index in [1.807, 2.05) is 30.3 Å². The van der Waals surface area contributed by atoms with E-state index >= 15 is 0 Å². The minimum absolute atomic E-state index is 0.0131. The SMILES string of the molecule is CC(=O)c1cc(N2CCOc3ccccc3C2)ccc1N. The van der Waals surface area contributed by atoms with E-state index in [4.69, 9.17) is 10.5 Å². The average molecular weight is 282 g/mol. The molecule has 108 valence electrons. The van der Waals surface area contributed by atoms with Crippen molar-refractivity contribution in [1.29, 1.82) is 0 Å². The molecule has 0 saturated heterocycles. The van der Waals surface area contributed by atoms with Crippen molar-refractivity contribution < 1.29 is 9.53 Å². The van der Waals surface area contributed by atoms with Gasteiger partial charge in [0.2, 0.25) is 0 Å². The van der Waals surface area contributed by atoms with Crippen LogP contribution in [-0.2, 0) is 6.54 Å². The normalized spacial score (nSPS) is 14.0. The van der Waals surface area contributed by atoms with E-state index in [0.717, 1.165) is 30.1 Å². The number of rotatable bonds is 2. The molecule has 0 amide bonds. The van der Waals surface area contributed by atoms with Crippen LogP contribution in [0.15, 0.2) is 42.5 Å². The van der Waals surface area contributed by atoms with Crippen LogP contribution in [0.2, 0.25) is 0 Å². The van der Waals surface area contributed by atoms with Gasteiger partial charge < -0.3 is 15.4 Å². The van der Waals surface area contributed by atoms with E-state index in [0.29, 0.717) is 17.9 Å². The van der Waals surface area contributed by atoms with Crippen molar-refractivity contribution in [3.05, 3.63) is 53.6 Å². The van der Waals surface area contributed by atoms with Gasteiger partial charge in [0.25, 0.3) is 0 Å². The number of hydrogen-bond acceptors (Lipinski definition) is 4. The number of ketones is 1. The van der Waals surface area contributed by atoms with E-state index in [9.17, 15) is 4.79 Å². The highest BCUT2D eigenvalue weighted by Gasteiger charge is 2.16. The Labute approximate surface area is 124 Å². The molecule has 0 saturated carbocycles. The molecule has 3 rings (SSSR count). The first-order chi connectivity index (χ1) is 10.1. The van der Waals surface area contributed by atoms with Gasteiger partial charge >= 0.3 is 0 Å². The van der Waals surface area contributed by atoms with Gasteiger partial charge in [-0.3, -0.25) is 4.79 Å². The highest BCUT2D eigenvalue weighted by atomic mass is 16.5. The Bertz CT molecular complexity index is 682. The Morgan fingerprint density at radius 3 is 2.86 bits per heavy atom. The van der Waals surface area contributed by atoms with Gasteiger partial charge in [-0.15, -0.1) is 0 Å². The first-order valence-electron chi connectivity index (χ1n) is 7.01. The summed E-state index contributed by atoms with van der Waals surface area (Å²) in [6, 6.07) is 13.7. The number of carbonyl (C=O) groups is 1. The second-order valence-electron chi connectivity index (χ2n) is 5.21. The third-order valence-electron chi connectivity index (χ3n) is 3.73. The number of nitrogen functional groups attached to an aromatic ring is 1. The van der Waals surface area contributed by atoms with E-state index in [1.165, 1.54) is 6.92 Å². The van der Waals surface area contributed by atoms with E-state index in [-0.39, 0.29) is 5.78 Å². The van der Waals surface area contributed by atoms with Gasteiger partial charge in [0, 0.05) is 29.0 Å². The van der Waals surface area contributed by atoms with Crippen molar-refractivity contribution in [2.75, 3.05) is 23.8 Å². The monoisotopic (exact) mass is 282 g/mol. The summed E-state index contributed by atoms with van der Waals surface area (Å²) in [7, 11) is 0. The lowest BCUT2D eigenvalue weighted by atomic mass is 10.1. The minimum Gasteiger partial charge on any atom is -0.491 e. The van der Waals surface area contributed by atoms with Gasteiger partial charge in [-0.05, 0) is 31.2 Å². The highest BCUT2D eigenvalue weighted by molar-refractivity contribution is 6.00. The van der Waals surface area contributed by atoms with Crippen LogP contribution >= 0.6 is 0 Å². The molecule has 4 heteroatoms. The van der Waals surface area contributed by atoms with Crippen LogP contribution in [0.1, 0.15) is 22.8 Å². The third-order valence-corrected chi connectivity index (χ3v) is 3.73. The second-order valence-corrected chi connectivity index (χ2v) is 5.21. The molecule has 0 aliphatic carbocycles. The van der Waals surface area contributed by atoms with Gasteiger partial charge in [0.15, 0.2) is 5.78 Å². The lowest BCUT2D eigenvalue weighted by Gasteiger charge is -2.23. The second kappa shape index (κ2) is 5.48. The Morgan fingerprint density at radius 1 is 1.24 bits per heavy atom. The van der Waals surface area contributed by atoms with Crippen LogP contribution < -0.4 is 15.4 Å². The van der Waals surface area contributed by atoms with Crippen LogP contribution in [0, 0.1) is 0 Å². The molecule has 2 N–H and O–H groups in total. The molecule has 1 heterocycles. The van der Waals surface area contributed by atoms with Gasteiger partial charge in [-0.25, -0.2) is 0 Å². The van der Waals surface area contributed by atoms with E-state index in [1.54, 1.807) is 6.07 Å². The Morgan fingerprint density at radius 2 is 2.05 bits per heavy atom. The summed E-state index contributed by atoms with van der Waals surface area (Å²) in [6.07, 6.45) is 0. The summed E-state index contributed by atoms with van der Waals surface area (Å²) in [4.78, 5) is 13.9. The average Bonchev–Trinajstić information content (AvgIpc) is 2.69. The van der Waals surface area contributed by atoms with Crippen LogP contribution in [0.25, 0.3) is 0 Å². The van der Waals surface area contributed by atoms with Crippen molar-refractivity contribution in [1.82, 2.24) is 0 Å². The topological polar surface area (TPSA) is 55.6 Å². The number of nitrogens with two attached hydrogens (primary N) is 1. The first kappa shape index (κ1) is 13.5. The Hall–Kier alpha value is -2.49. The van der Waals surface area contributed by atoms with Crippen molar-refractivity contribution in [2.45, 2.75) is 13.5 Å². The number of hydrogen-bond donors (Lipinski definition) is 1. The molecule has 0 radical (unpaired) electrons. The van der Waals surface area contributed by atoms with Crippen LogP contribution in [-0.4, -0.2) is 18.9 Å². The molecule has 1 aliphatic heterocycles. The molecular weight excluding hydrogens is 264 g/mol. The molecule has 2 aromatic carbocycles. The smallest absolute Gasteiger partial charge is 0.161 e. The van der Waals surface area contributed by atoms with E-state index < -0.39 is 0 Å². The van der Waals surface area contributed by atoms with Gasteiger partial charge in [0.1, 0.15) is 12.4 Å². The minimum atomic E-state index is -0.0131. The molecule has 2 aromatic rings. The van der Waals surface area contributed by atoms with Crippen molar-refractivity contribution in [3.8, 4) is 5.75 Å². The van der Waals surface area contributed by atoms with Gasteiger partial charge in [-0.1, -0.05) is 18.2 Å². The number of carbonyl (C=O) groups excluding carboxylic acids is 1. The van der Waals surface area contributed by atoms with Crippen molar-refractivity contribution in [2.24, 2.45) is 0 Å². The maximum atomic E-state index is 11.6. The molecule has 0 bridgehead atoms. The summed E-state index contributed by atoms with van der Waals surface area (Å²) >= 11 is 0. The molecule has 0 unspecified atom stereocenters. The van der Waals surface area contributed by atoms with E-state index in [2.05, 4.69) is 11.0 Å². The number of nitrogens with zero attached hydrogens (tertiary/aromatic N) is 1. The number of anilines is 2. The number of fused-ring (bicyclic) bond motifs is 1. The molecular formula is C17H18N2O2. The summed E-state index contributed by atoms with van der Waals surface area (Å²) in [6.45, 7) is 3.69. The molecule has 0 spiro atoms. The summed E-state index contributed by atoms with van der Waals surface area (Å²) in [5, 5.41) is 0. The lowest BCUT2D eigenvalue weighted by Crippen LogP contribution is -2.25.